The van der Waals surface area contributed by atoms with Crippen LogP contribution in [-0.4, -0.2) is 49.9 Å². The molecule has 29 heavy (non-hydrogen) atoms. The third kappa shape index (κ3) is 6.12. The van der Waals surface area contributed by atoms with E-state index in [4.69, 9.17) is 4.74 Å². The molecule has 0 bridgehead atoms. The molecular formula is C20H24BrN3O4S. The van der Waals surface area contributed by atoms with Crippen LogP contribution in [0.5, 0.6) is 0 Å². The van der Waals surface area contributed by atoms with Crippen LogP contribution in [0.15, 0.2) is 28.7 Å². The summed E-state index contributed by atoms with van der Waals surface area (Å²) < 4.78 is 6.09. The van der Waals surface area contributed by atoms with Gasteiger partial charge in [-0.1, -0.05) is 28.1 Å². The lowest BCUT2D eigenvalue weighted by Crippen LogP contribution is -2.30. The Bertz CT molecular complexity index is 896. The number of carbonyl (C=O) groups excluding carboxylic acids is 3. The lowest BCUT2D eigenvalue weighted by Gasteiger charge is -2.16. The van der Waals surface area contributed by atoms with Gasteiger partial charge in [0.05, 0.1) is 23.6 Å². The van der Waals surface area contributed by atoms with E-state index < -0.39 is 5.97 Å². The molecule has 1 aromatic heterocycles. The Balaban J connectivity index is 2.14. The summed E-state index contributed by atoms with van der Waals surface area (Å²) >= 11 is 4.46. The molecule has 2 aromatic rings. The number of thiophene rings is 1. The minimum atomic E-state index is -0.560. The highest BCUT2D eigenvalue weighted by molar-refractivity contribution is 9.10. The molecule has 0 aliphatic carbocycles. The largest absolute Gasteiger partial charge is 0.462 e. The summed E-state index contributed by atoms with van der Waals surface area (Å²) in [6.07, 6.45) is 0. The first-order chi connectivity index (χ1) is 13.8. The third-order valence-corrected chi connectivity index (χ3v) is 5.83. The predicted octanol–water partition coefficient (Wildman–Crippen LogP) is 3.43. The number of nitrogens with one attached hydrogen (secondary N) is 2. The molecule has 156 valence electrons. The highest BCUT2D eigenvalue weighted by Gasteiger charge is 2.26. The van der Waals surface area contributed by atoms with Gasteiger partial charge in [0.1, 0.15) is 5.00 Å². The first-order valence-electron chi connectivity index (χ1n) is 9.02. The number of likely N-dealkylation sites (N-methyl/N-ethyl adjacent to an activating group) is 1. The second-order valence-corrected chi connectivity index (χ2v) is 8.34. The average Bonchev–Trinajstić information content (AvgIpc) is 2.98. The quantitative estimate of drug-likeness (QED) is 0.563. The first-order valence-corrected chi connectivity index (χ1v) is 10.6. The number of hydrogen-bond donors (Lipinski definition) is 2. The van der Waals surface area contributed by atoms with Crippen molar-refractivity contribution in [3.63, 3.8) is 0 Å². The van der Waals surface area contributed by atoms with Gasteiger partial charge in [-0.2, -0.15) is 0 Å². The molecule has 0 saturated carbocycles. The number of halogens is 1. The third-order valence-electron chi connectivity index (χ3n) is 4.09. The van der Waals surface area contributed by atoms with Crippen molar-refractivity contribution in [3.05, 3.63) is 50.3 Å². The average molecular weight is 482 g/mol. The fraction of sp³-hybridized carbons (Fsp3) is 0.350. The molecule has 0 aliphatic rings. The normalized spacial score (nSPS) is 10.7. The van der Waals surface area contributed by atoms with Crippen LogP contribution < -0.4 is 10.6 Å². The Kier molecular flexibility index (Phi) is 8.36. The highest BCUT2D eigenvalue weighted by Crippen LogP contribution is 2.33. The number of anilines is 1. The zero-order chi connectivity index (χ0) is 21.6. The molecule has 0 saturated heterocycles. The summed E-state index contributed by atoms with van der Waals surface area (Å²) in [7, 11) is 3.35. The second kappa shape index (κ2) is 10.5. The number of hydrogen-bond acceptors (Lipinski definition) is 6. The van der Waals surface area contributed by atoms with Gasteiger partial charge >= 0.3 is 5.97 Å². The van der Waals surface area contributed by atoms with E-state index in [1.54, 1.807) is 13.8 Å². The molecule has 9 heteroatoms. The Hall–Kier alpha value is -2.23. The van der Waals surface area contributed by atoms with E-state index in [1.165, 1.54) is 7.05 Å². The van der Waals surface area contributed by atoms with Crippen LogP contribution in [0.25, 0.3) is 0 Å². The van der Waals surface area contributed by atoms with Crippen LogP contribution in [0.3, 0.4) is 0 Å². The minimum absolute atomic E-state index is 0.130. The molecule has 0 aliphatic heterocycles. The van der Waals surface area contributed by atoms with Crippen LogP contribution in [0, 0.1) is 6.92 Å². The van der Waals surface area contributed by atoms with E-state index in [1.807, 2.05) is 36.2 Å². The zero-order valence-electron chi connectivity index (χ0n) is 16.8. The number of amides is 2. The summed E-state index contributed by atoms with van der Waals surface area (Å²) in [5.74, 6) is -1.15. The molecule has 0 spiro atoms. The Morgan fingerprint density at radius 2 is 1.86 bits per heavy atom. The smallest absolute Gasteiger partial charge is 0.341 e. The van der Waals surface area contributed by atoms with Gasteiger partial charge < -0.3 is 15.4 Å². The van der Waals surface area contributed by atoms with Crippen molar-refractivity contribution in [2.45, 2.75) is 20.4 Å². The number of nitrogens with zero attached hydrogens (tertiary/aromatic N) is 1. The van der Waals surface area contributed by atoms with E-state index in [0.717, 1.165) is 21.4 Å². The van der Waals surface area contributed by atoms with Crippen molar-refractivity contribution in [2.75, 3.05) is 32.6 Å². The fourth-order valence-corrected chi connectivity index (χ4v) is 4.17. The molecule has 2 rings (SSSR count). The van der Waals surface area contributed by atoms with Crippen LogP contribution in [-0.2, 0) is 16.1 Å². The van der Waals surface area contributed by atoms with E-state index >= 15 is 0 Å². The monoisotopic (exact) mass is 481 g/mol. The molecule has 1 aromatic carbocycles. The van der Waals surface area contributed by atoms with Crippen molar-refractivity contribution >= 4 is 50.1 Å². The van der Waals surface area contributed by atoms with Gasteiger partial charge in [-0.05, 0) is 44.2 Å². The molecule has 2 amide bonds. The van der Waals surface area contributed by atoms with E-state index in [0.29, 0.717) is 22.0 Å². The van der Waals surface area contributed by atoms with Crippen LogP contribution >= 0.6 is 27.3 Å². The number of benzene rings is 1. The maximum Gasteiger partial charge on any atom is 0.341 e. The predicted molar refractivity (Wildman–Crippen MR) is 118 cm³/mol. The molecule has 0 fully saturated rings. The van der Waals surface area contributed by atoms with Gasteiger partial charge in [-0.25, -0.2) is 4.79 Å². The summed E-state index contributed by atoms with van der Waals surface area (Å²) in [5.41, 5.74) is 1.79. The van der Waals surface area contributed by atoms with Gasteiger partial charge in [0.25, 0.3) is 5.91 Å². The van der Waals surface area contributed by atoms with Gasteiger partial charge in [0, 0.05) is 18.1 Å². The minimum Gasteiger partial charge on any atom is -0.462 e. The second-order valence-electron chi connectivity index (χ2n) is 6.41. The summed E-state index contributed by atoms with van der Waals surface area (Å²) in [5, 5.41) is 5.63. The lowest BCUT2D eigenvalue weighted by molar-refractivity contribution is -0.117. The number of carbonyl (C=O) groups is 3. The lowest BCUT2D eigenvalue weighted by atomic mass is 10.1. The number of esters is 1. The SMILES string of the molecule is CCOC(=O)c1c(NC(=O)CN(C)Cc2ccc(Br)cc2)sc(C(=O)NC)c1C. The van der Waals surface area contributed by atoms with Gasteiger partial charge in [0.15, 0.2) is 0 Å². The number of rotatable bonds is 8. The van der Waals surface area contributed by atoms with E-state index in [9.17, 15) is 14.4 Å². The molecule has 1 heterocycles. The molecule has 0 atom stereocenters. The summed E-state index contributed by atoms with van der Waals surface area (Å²) in [6, 6.07) is 7.86. The fourth-order valence-electron chi connectivity index (χ4n) is 2.75. The van der Waals surface area contributed by atoms with E-state index in [2.05, 4.69) is 26.6 Å². The Morgan fingerprint density at radius 1 is 1.21 bits per heavy atom. The molecule has 0 radical (unpaired) electrons. The van der Waals surface area contributed by atoms with Crippen molar-refractivity contribution < 1.29 is 19.1 Å². The van der Waals surface area contributed by atoms with Crippen LogP contribution in [0.4, 0.5) is 5.00 Å². The van der Waals surface area contributed by atoms with Crippen LogP contribution in [0.1, 0.15) is 38.1 Å². The standard InChI is InChI=1S/C20H24BrN3O4S/c1-5-28-20(27)16-12(2)17(18(26)22-3)29-19(16)23-15(25)11-24(4)10-13-6-8-14(21)9-7-13/h6-9H,5,10-11H2,1-4H3,(H,22,26)(H,23,25). The molecule has 7 nitrogen and oxygen atoms in total. The zero-order valence-corrected chi connectivity index (χ0v) is 19.2. The van der Waals surface area contributed by atoms with Gasteiger partial charge in [-0.15, -0.1) is 11.3 Å². The number of ether oxygens (including phenoxy) is 1. The molecular weight excluding hydrogens is 458 g/mol. The van der Waals surface area contributed by atoms with E-state index in [-0.39, 0.29) is 30.5 Å². The van der Waals surface area contributed by atoms with Crippen molar-refractivity contribution in [1.29, 1.82) is 0 Å². The van der Waals surface area contributed by atoms with Gasteiger partial charge in [-0.3, -0.25) is 14.5 Å². The summed E-state index contributed by atoms with van der Waals surface area (Å²) in [4.78, 5) is 39.3. The molecule has 2 N–H and O–H groups in total. The highest BCUT2D eigenvalue weighted by atomic mass is 79.9. The first kappa shape index (κ1) is 23.1. The van der Waals surface area contributed by atoms with Crippen molar-refractivity contribution in [3.8, 4) is 0 Å². The molecule has 0 unspecified atom stereocenters. The maximum atomic E-state index is 12.6. The van der Waals surface area contributed by atoms with Gasteiger partial charge in [0.2, 0.25) is 5.91 Å². The topological polar surface area (TPSA) is 87.7 Å². The maximum absolute atomic E-state index is 12.6. The Morgan fingerprint density at radius 3 is 2.45 bits per heavy atom. The Labute approximate surface area is 182 Å². The summed E-state index contributed by atoms with van der Waals surface area (Å²) in [6.45, 7) is 4.30. The van der Waals surface area contributed by atoms with Crippen LogP contribution in [0.2, 0.25) is 0 Å². The van der Waals surface area contributed by atoms with Crippen molar-refractivity contribution in [1.82, 2.24) is 10.2 Å². The van der Waals surface area contributed by atoms with Crippen molar-refractivity contribution in [2.24, 2.45) is 0 Å².